The fourth-order valence-electron chi connectivity index (χ4n) is 1.82. The van der Waals surface area contributed by atoms with Crippen molar-refractivity contribution in [3.63, 3.8) is 0 Å². The summed E-state index contributed by atoms with van der Waals surface area (Å²) in [6.45, 7) is -0.140. The van der Waals surface area contributed by atoms with Gasteiger partial charge in [-0.2, -0.15) is 0 Å². The summed E-state index contributed by atoms with van der Waals surface area (Å²) in [4.78, 5) is 11.1. The molecule has 0 saturated carbocycles. The lowest BCUT2D eigenvalue weighted by Gasteiger charge is -2.15. The van der Waals surface area contributed by atoms with Crippen molar-refractivity contribution in [1.29, 1.82) is 0 Å². The molecule has 1 saturated heterocycles. The van der Waals surface area contributed by atoms with Crippen LogP contribution in [0.4, 0.5) is 0 Å². The number of esters is 1. The number of aliphatic hydroxyl groups excluding tert-OH is 1. The maximum absolute atomic E-state index is 11.1. The predicted octanol–water partition coefficient (Wildman–Crippen LogP) is 1.73. The number of carbonyl (C=O) groups is 1. The van der Waals surface area contributed by atoms with Gasteiger partial charge in [-0.1, -0.05) is 23.7 Å². The van der Waals surface area contributed by atoms with Crippen molar-refractivity contribution in [2.45, 2.75) is 18.4 Å². The zero-order valence-corrected chi connectivity index (χ0v) is 8.78. The second kappa shape index (κ2) is 4.21. The zero-order chi connectivity index (χ0) is 10.8. The van der Waals surface area contributed by atoms with Gasteiger partial charge in [0.2, 0.25) is 0 Å². The number of halogens is 1. The fraction of sp³-hybridized carbons (Fsp3) is 0.364. The molecule has 1 N–H and O–H groups in total. The Kier molecular flexibility index (Phi) is 2.93. The first-order chi connectivity index (χ1) is 7.20. The van der Waals surface area contributed by atoms with Gasteiger partial charge in [0, 0.05) is 10.9 Å². The van der Waals surface area contributed by atoms with E-state index in [0.717, 1.165) is 5.56 Å². The normalized spacial score (nSPS) is 25.3. The average Bonchev–Trinajstić information content (AvgIpc) is 2.61. The van der Waals surface area contributed by atoms with Gasteiger partial charge in [-0.15, -0.1) is 0 Å². The number of cyclic esters (lactones) is 1. The highest BCUT2D eigenvalue weighted by Gasteiger charge is 2.35. The highest BCUT2D eigenvalue weighted by molar-refractivity contribution is 6.30. The fourth-order valence-corrected chi connectivity index (χ4v) is 1.94. The van der Waals surface area contributed by atoms with E-state index in [4.69, 9.17) is 21.4 Å². The summed E-state index contributed by atoms with van der Waals surface area (Å²) in [5, 5.41) is 9.72. The van der Waals surface area contributed by atoms with Crippen LogP contribution in [0.25, 0.3) is 0 Å². The highest BCUT2D eigenvalue weighted by Crippen LogP contribution is 2.32. The Hall–Kier alpha value is -1.06. The van der Waals surface area contributed by atoms with Crippen molar-refractivity contribution in [2.24, 2.45) is 0 Å². The number of carbonyl (C=O) groups excluding carboxylic acids is 1. The summed E-state index contributed by atoms with van der Waals surface area (Å²) in [6, 6.07) is 7.26. The zero-order valence-electron chi connectivity index (χ0n) is 8.02. The Bertz CT molecular complexity index is 361. The SMILES string of the molecule is O=C1C[C@@H](c2ccc(Cl)cc2)[C@@H](CO)O1. The molecule has 0 spiro atoms. The van der Waals surface area contributed by atoms with Gasteiger partial charge in [-0.3, -0.25) is 4.79 Å². The first-order valence-electron chi connectivity index (χ1n) is 4.76. The van der Waals surface area contributed by atoms with Crippen molar-refractivity contribution >= 4 is 17.6 Å². The van der Waals surface area contributed by atoms with Crippen molar-refractivity contribution in [2.75, 3.05) is 6.61 Å². The molecule has 2 atom stereocenters. The van der Waals surface area contributed by atoms with Crippen LogP contribution in [-0.2, 0) is 9.53 Å². The van der Waals surface area contributed by atoms with Gasteiger partial charge in [0.25, 0.3) is 0 Å². The standard InChI is InChI=1S/C11H11ClO3/c12-8-3-1-7(2-4-8)9-5-11(14)15-10(9)6-13/h1-4,9-10,13H,5-6H2/t9-,10+/m0/s1. The van der Waals surface area contributed by atoms with E-state index >= 15 is 0 Å². The molecule has 1 heterocycles. The lowest BCUT2D eigenvalue weighted by molar-refractivity contribution is -0.142. The molecular formula is C11H11ClO3. The molecule has 3 nitrogen and oxygen atoms in total. The summed E-state index contributed by atoms with van der Waals surface area (Å²) >= 11 is 5.77. The Balaban J connectivity index is 2.22. The van der Waals surface area contributed by atoms with E-state index in [1.807, 2.05) is 12.1 Å². The molecule has 1 aliphatic heterocycles. The maximum Gasteiger partial charge on any atom is 0.306 e. The third-order valence-electron chi connectivity index (χ3n) is 2.60. The minimum absolute atomic E-state index is 0.0558. The van der Waals surface area contributed by atoms with Crippen LogP contribution in [0, 0.1) is 0 Å². The molecule has 0 aliphatic carbocycles. The Morgan fingerprint density at radius 1 is 1.40 bits per heavy atom. The molecule has 0 amide bonds. The molecule has 0 unspecified atom stereocenters. The third kappa shape index (κ3) is 2.13. The number of hydrogen-bond acceptors (Lipinski definition) is 3. The number of aliphatic hydroxyl groups is 1. The van der Waals surface area contributed by atoms with Crippen LogP contribution in [0.5, 0.6) is 0 Å². The van der Waals surface area contributed by atoms with Crippen LogP contribution in [0.2, 0.25) is 5.02 Å². The molecule has 15 heavy (non-hydrogen) atoms. The lowest BCUT2D eigenvalue weighted by atomic mass is 9.93. The summed E-state index contributed by atoms with van der Waals surface area (Å²) in [6.07, 6.45) is -0.0916. The molecule has 1 fully saturated rings. The monoisotopic (exact) mass is 226 g/mol. The average molecular weight is 227 g/mol. The third-order valence-corrected chi connectivity index (χ3v) is 2.85. The largest absolute Gasteiger partial charge is 0.459 e. The van der Waals surface area contributed by atoms with E-state index in [0.29, 0.717) is 11.4 Å². The topological polar surface area (TPSA) is 46.5 Å². The summed E-state index contributed by atoms with van der Waals surface area (Å²) in [7, 11) is 0. The van der Waals surface area contributed by atoms with E-state index in [-0.39, 0.29) is 18.5 Å². The van der Waals surface area contributed by atoms with Gasteiger partial charge >= 0.3 is 5.97 Å². The van der Waals surface area contributed by atoms with Crippen molar-refractivity contribution in [3.05, 3.63) is 34.9 Å². The van der Waals surface area contributed by atoms with Gasteiger partial charge < -0.3 is 9.84 Å². The van der Waals surface area contributed by atoms with E-state index in [1.165, 1.54) is 0 Å². The molecule has 1 aromatic carbocycles. The van der Waals surface area contributed by atoms with Crippen LogP contribution in [0.15, 0.2) is 24.3 Å². The van der Waals surface area contributed by atoms with Gasteiger partial charge in [0.1, 0.15) is 6.10 Å². The molecule has 0 aromatic heterocycles. The van der Waals surface area contributed by atoms with Crippen LogP contribution < -0.4 is 0 Å². The van der Waals surface area contributed by atoms with Crippen LogP contribution in [0.1, 0.15) is 17.9 Å². The minimum atomic E-state index is -0.418. The maximum atomic E-state index is 11.1. The second-order valence-corrected chi connectivity index (χ2v) is 4.01. The van der Waals surface area contributed by atoms with Gasteiger partial charge in [-0.05, 0) is 17.7 Å². The van der Waals surface area contributed by atoms with Crippen LogP contribution >= 0.6 is 11.6 Å². The second-order valence-electron chi connectivity index (χ2n) is 3.57. The van der Waals surface area contributed by atoms with Crippen molar-refractivity contribution < 1.29 is 14.6 Å². The van der Waals surface area contributed by atoms with Crippen LogP contribution in [0.3, 0.4) is 0 Å². The summed E-state index contributed by atoms with van der Waals surface area (Å²) in [5.41, 5.74) is 0.976. The number of ether oxygens (including phenoxy) is 1. The van der Waals surface area contributed by atoms with E-state index in [2.05, 4.69) is 0 Å². The molecule has 80 valence electrons. The van der Waals surface area contributed by atoms with Gasteiger partial charge in [-0.25, -0.2) is 0 Å². The molecule has 2 rings (SSSR count). The minimum Gasteiger partial charge on any atom is -0.459 e. The summed E-state index contributed by atoms with van der Waals surface area (Å²) < 4.78 is 4.99. The number of rotatable bonds is 2. The first kappa shape index (κ1) is 10.5. The highest BCUT2D eigenvalue weighted by atomic mass is 35.5. The molecule has 1 aromatic rings. The van der Waals surface area contributed by atoms with Crippen LogP contribution in [-0.4, -0.2) is 23.8 Å². The first-order valence-corrected chi connectivity index (χ1v) is 5.14. The van der Waals surface area contributed by atoms with Crippen molar-refractivity contribution in [3.8, 4) is 0 Å². The molecule has 0 radical (unpaired) electrons. The van der Waals surface area contributed by atoms with Crippen molar-refractivity contribution in [1.82, 2.24) is 0 Å². The van der Waals surface area contributed by atoms with Gasteiger partial charge in [0.05, 0.1) is 13.0 Å². The predicted molar refractivity (Wildman–Crippen MR) is 55.8 cm³/mol. The summed E-state index contributed by atoms with van der Waals surface area (Å²) in [5.74, 6) is -0.311. The molecular weight excluding hydrogens is 216 g/mol. The number of hydrogen-bond donors (Lipinski definition) is 1. The molecule has 4 heteroatoms. The quantitative estimate of drug-likeness (QED) is 0.782. The van der Waals surface area contributed by atoms with E-state index < -0.39 is 6.10 Å². The molecule has 1 aliphatic rings. The Morgan fingerprint density at radius 2 is 2.07 bits per heavy atom. The van der Waals surface area contributed by atoms with E-state index in [1.54, 1.807) is 12.1 Å². The number of benzene rings is 1. The Morgan fingerprint density at radius 3 is 2.67 bits per heavy atom. The smallest absolute Gasteiger partial charge is 0.306 e. The Labute approximate surface area is 92.6 Å². The molecule has 0 bridgehead atoms. The van der Waals surface area contributed by atoms with Gasteiger partial charge in [0.15, 0.2) is 0 Å². The lowest BCUT2D eigenvalue weighted by Crippen LogP contribution is -2.18. The van der Waals surface area contributed by atoms with E-state index in [9.17, 15) is 4.79 Å².